The van der Waals surface area contributed by atoms with Crippen molar-refractivity contribution in [2.45, 2.75) is 41.9 Å². The molecule has 37 heavy (non-hydrogen) atoms. The molecule has 6 heteroatoms. The van der Waals surface area contributed by atoms with Gasteiger partial charge in [0, 0.05) is 24.6 Å². The second-order valence-electron chi connectivity index (χ2n) is 10.7. The highest BCUT2D eigenvalue weighted by atomic mass is 32.2. The van der Waals surface area contributed by atoms with Gasteiger partial charge in [-0.25, -0.2) is 8.42 Å². The number of nitrogens with zero attached hydrogens (tertiary/aromatic N) is 2. The maximum Gasteiger partial charge on any atom is 0.253 e. The van der Waals surface area contributed by atoms with Crippen LogP contribution in [0, 0.1) is 0 Å². The fraction of sp³-hybridized carbons (Fsp3) is 0.387. The first-order chi connectivity index (χ1) is 17.9. The number of likely N-dealkylation sites (tertiary alicyclic amines) is 1. The Bertz CT molecular complexity index is 1320. The van der Waals surface area contributed by atoms with E-state index < -0.39 is 9.84 Å². The number of sulfone groups is 1. The quantitative estimate of drug-likeness (QED) is 0.416. The maximum absolute atomic E-state index is 12.8. The van der Waals surface area contributed by atoms with Crippen LogP contribution in [0.15, 0.2) is 89.8 Å². The zero-order valence-electron chi connectivity index (χ0n) is 21.6. The van der Waals surface area contributed by atoms with E-state index >= 15 is 0 Å². The van der Waals surface area contributed by atoms with Gasteiger partial charge in [0.15, 0.2) is 9.84 Å². The lowest BCUT2D eigenvalue weighted by atomic mass is 9.74. The van der Waals surface area contributed by atoms with Crippen LogP contribution in [-0.4, -0.2) is 63.1 Å². The Morgan fingerprint density at radius 2 is 1.51 bits per heavy atom. The van der Waals surface area contributed by atoms with Gasteiger partial charge in [-0.05, 0) is 80.6 Å². The zero-order chi connectivity index (χ0) is 25.9. The topological polar surface area (TPSA) is 57.7 Å². The summed E-state index contributed by atoms with van der Waals surface area (Å²) in [5.74, 6) is 0.665. The fourth-order valence-corrected chi connectivity index (χ4v) is 8.34. The minimum atomic E-state index is -3.19. The van der Waals surface area contributed by atoms with Gasteiger partial charge in [0.05, 0.1) is 10.6 Å². The summed E-state index contributed by atoms with van der Waals surface area (Å²) in [5, 5.41) is 0. The monoisotopic (exact) mass is 516 g/mol. The van der Waals surface area contributed by atoms with Crippen LogP contribution in [0.1, 0.15) is 53.1 Å². The smallest absolute Gasteiger partial charge is 0.253 e. The summed E-state index contributed by atoms with van der Waals surface area (Å²) in [6.07, 6.45) is 3.68. The molecule has 0 bridgehead atoms. The van der Waals surface area contributed by atoms with E-state index in [1.165, 1.54) is 5.56 Å². The molecule has 2 heterocycles. The number of rotatable bonds is 8. The standard InChI is InChI=1S/C31H36N2O3S/c1-32(30(34)27-12-6-3-7-13-27)20-16-26(25-10-4-2-5-11-25)17-21-33-22-18-31(19-23-33)24-37(35,36)29-15-9-8-14-28(29)31/h2-15,26H,16-24H2,1H3. The molecule has 1 spiro atoms. The van der Waals surface area contributed by atoms with Gasteiger partial charge in [0.2, 0.25) is 0 Å². The van der Waals surface area contributed by atoms with Gasteiger partial charge in [-0.2, -0.15) is 0 Å². The van der Waals surface area contributed by atoms with Gasteiger partial charge in [-0.1, -0.05) is 66.7 Å². The number of piperidine rings is 1. The summed E-state index contributed by atoms with van der Waals surface area (Å²) in [6, 6.07) is 27.7. The first kappa shape index (κ1) is 25.7. The molecule has 5 nitrogen and oxygen atoms in total. The summed E-state index contributed by atoms with van der Waals surface area (Å²) < 4.78 is 25.6. The molecule has 3 aromatic rings. The molecule has 2 aliphatic heterocycles. The Morgan fingerprint density at radius 1 is 0.892 bits per heavy atom. The minimum absolute atomic E-state index is 0.0561. The van der Waals surface area contributed by atoms with E-state index in [0.29, 0.717) is 17.4 Å². The first-order valence-corrected chi connectivity index (χ1v) is 14.9. The van der Waals surface area contributed by atoms with Gasteiger partial charge in [-0.3, -0.25) is 4.79 Å². The molecule has 5 rings (SSSR count). The largest absolute Gasteiger partial charge is 0.342 e. The second kappa shape index (κ2) is 10.8. The van der Waals surface area contributed by atoms with Crippen LogP contribution in [0.4, 0.5) is 0 Å². The Hall–Kier alpha value is -2.96. The molecule has 1 unspecified atom stereocenters. The number of fused-ring (bicyclic) bond motifs is 2. The van der Waals surface area contributed by atoms with Crippen LogP contribution in [-0.2, 0) is 15.3 Å². The van der Waals surface area contributed by atoms with Crippen molar-refractivity contribution in [2.75, 3.05) is 39.0 Å². The fourth-order valence-electron chi connectivity index (χ4n) is 6.11. The van der Waals surface area contributed by atoms with Crippen molar-refractivity contribution in [3.63, 3.8) is 0 Å². The summed E-state index contributed by atoms with van der Waals surface area (Å²) in [4.78, 5) is 17.7. The van der Waals surface area contributed by atoms with Crippen LogP contribution in [0.25, 0.3) is 0 Å². The predicted octanol–water partition coefficient (Wildman–Crippen LogP) is 5.14. The lowest BCUT2D eigenvalue weighted by molar-refractivity contribution is 0.0789. The summed E-state index contributed by atoms with van der Waals surface area (Å²) in [7, 11) is -1.30. The first-order valence-electron chi connectivity index (χ1n) is 13.3. The van der Waals surface area contributed by atoms with Crippen LogP contribution in [0.5, 0.6) is 0 Å². The summed E-state index contributed by atoms with van der Waals surface area (Å²) >= 11 is 0. The van der Waals surface area contributed by atoms with Gasteiger partial charge in [0.25, 0.3) is 5.91 Å². The highest BCUT2D eigenvalue weighted by molar-refractivity contribution is 7.91. The van der Waals surface area contributed by atoms with Crippen molar-refractivity contribution in [1.82, 2.24) is 9.80 Å². The minimum Gasteiger partial charge on any atom is -0.342 e. The number of benzene rings is 3. The molecule has 0 radical (unpaired) electrons. The van der Waals surface area contributed by atoms with E-state index in [4.69, 9.17) is 0 Å². The molecule has 0 aromatic heterocycles. The van der Waals surface area contributed by atoms with Gasteiger partial charge < -0.3 is 9.80 Å². The van der Waals surface area contributed by atoms with Crippen molar-refractivity contribution in [2.24, 2.45) is 0 Å². The van der Waals surface area contributed by atoms with Crippen LogP contribution < -0.4 is 0 Å². The van der Waals surface area contributed by atoms with Crippen molar-refractivity contribution in [3.8, 4) is 0 Å². The third-order valence-electron chi connectivity index (χ3n) is 8.32. The van der Waals surface area contributed by atoms with Gasteiger partial charge >= 0.3 is 0 Å². The molecule has 2 aliphatic rings. The highest BCUT2D eigenvalue weighted by Gasteiger charge is 2.48. The predicted molar refractivity (Wildman–Crippen MR) is 148 cm³/mol. The average Bonchev–Trinajstić information content (AvgIpc) is 3.16. The molecule has 0 saturated carbocycles. The van der Waals surface area contributed by atoms with Crippen molar-refractivity contribution < 1.29 is 13.2 Å². The Labute approximate surface area is 221 Å². The lowest BCUT2D eigenvalue weighted by Crippen LogP contribution is -2.44. The zero-order valence-corrected chi connectivity index (χ0v) is 22.4. The SMILES string of the molecule is CN(CCC(CCN1CCC2(CC1)CS(=O)(=O)c1ccccc12)c1ccccc1)C(=O)c1ccccc1. The van der Waals surface area contributed by atoms with Crippen molar-refractivity contribution >= 4 is 15.7 Å². The average molecular weight is 517 g/mol. The number of hydrogen-bond donors (Lipinski definition) is 0. The molecule has 194 valence electrons. The molecule has 1 saturated heterocycles. The Morgan fingerprint density at radius 3 is 2.22 bits per heavy atom. The molecule has 0 aliphatic carbocycles. The van der Waals surface area contributed by atoms with Crippen LogP contribution in [0.2, 0.25) is 0 Å². The Kier molecular flexibility index (Phi) is 7.50. The van der Waals surface area contributed by atoms with E-state index in [0.717, 1.165) is 56.4 Å². The highest BCUT2D eigenvalue weighted by Crippen LogP contribution is 2.46. The summed E-state index contributed by atoms with van der Waals surface area (Å²) in [6.45, 7) is 3.50. The third-order valence-corrected chi connectivity index (χ3v) is 10.3. The number of hydrogen-bond acceptors (Lipinski definition) is 4. The van der Waals surface area contributed by atoms with E-state index in [1.54, 1.807) is 6.07 Å². The number of carbonyl (C=O) groups excluding carboxylic acids is 1. The number of carbonyl (C=O) groups is 1. The molecule has 3 aromatic carbocycles. The normalized spacial score (nSPS) is 18.8. The van der Waals surface area contributed by atoms with E-state index in [1.807, 2.05) is 66.5 Å². The molecule has 0 N–H and O–H groups in total. The van der Waals surface area contributed by atoms with Crippen LogP contribution in [0.3, 0.4) is 0 Å². The maximum atomic E-state index is 12.8. The molecular formula is C31H36N2O3S. The van der Waals surface area contributed by atoms with Crippen LogP contribution >= 0.6 is 0 Å². The third kappa shape index (κ3) is 5.51. The van der Waals surface area contributed by atoms with Gasteiger partial charge in [-0.15, -0.1) is 0 Å². The lowest BCUT2D eigenvalue weighted by Gasteiger charge is -2.39. The molecule has 1 amide bonds. The van der Waals surface area contributed by atoms with Gasteiger partial charge in [0.1, 0.15) is 0 Å². The second-order valence-corrected chi connectivity index (χ2v) is 12.6. The van der Waals surface area contributed by atoms with Crippen molar-refractivity contribution in [1.29, 1.82) is 0 Å². The molecular weight excluding hydrogens is 480 g/mol. The summed E-state index contributed by atoms with van der Waals surface area (Å²) in [5.41, 5.74) is 2.83. The Balaban J connectivity index is 1.20. The van der Waals surface area contributed by atoms with E-state index in [9.17, 15) is 13.2 Å². The molecule has 1 fully saturated rings. The number of amides is 1. The van der Waals surface area contributed by atoms with E-state index in [-0.39, 0.29) is 17.1 Å². The molecule has 1 atom stereocenters. The van der Waals surface area contributed by atoms with Crippen molar-refractivity contribution in [3.05, 3.63) is 102 Å². The van der Waals surface area contributed by atoms with E-state index in [2.05, 4.69) is 29.2 Å².